The van der Waals surface area contributed by atoms with Crippen LogP contribution in [0.15, 0.2) is 0 Å². The zero-order valence-electron chi connectivity index (χ0n) is 7.56. The van der Waals surface area contributed by atoms with Crippen molar-refractivity contribution in [2.75, 3.05) is 0 Å². The van der Waals surface area contributed by atoms with Crippen molar-refractivity contribution in [2.45, 2.75) is 13.8 Å². The van der Waals surface area contributed by atoms with E-state index >= 15 is 0 Å². The molecule has 7 nitrogen and oxygen atoms in total. The largest absolute Gasteiger partial charge is 2.00 e. The zero-order valence-corrected chi connectivity index (χ0v) is 13.9. The van der Waals surface area contributed by atoms with Gasteiger partial charge in [0.25, 0.3) is 0 Å². The minimum atomic E-state index is -3.63. The fourth-order valence-corrected chi connectivity index (χ4v) is 0. The van der Waals surface area contributed by atoms with Crippen molar-refractivity contribution in [3.05, 3.63) is 0 Å². The Morgan fingerprint density at radius 3 is 1.00 bits per heavy atom. The van der Waals surface area contributed by atoms with E-state index in [4.69, 9.17) is 33.9 Å². The summed E-state index contributed by atoms with van der Waals surface area (Å²) in [5.74, 6) is -2.17. The molecular formula is C4H6MgO7PbSi. The molecule has 0 aromatic carbocycles. The number of carbonyl (C=O) groups is 2. The second kappa shape index (κ2) is 23.2. The van der Waals surface area contributed by atoms with Gasteiger partial charge in [-0.05, 0) is 13.8 Å². The van der Waals surface area contributed by atoms with Crippen LogP contribution in [0.5, 0.6) is 0 Å². The van der Waals surface area contributed by atoms with Crippen LogP contribution in [0.2, 0.25) is 0 Å². The van der Waals surface area contributed by atoms with Crippen LogP contribution in [0.25, 0.3) is 0 Å². The maximum atomic E-state index is 8.89. The number of hydrogen-bond donors (Lipinski definition) is 0. The van der Waals surface area contributed by atoms with Crippen LogP contribution in [0.4, 0.5) is 0 Å². The monoisotopic (exact) mass is 426 g/mol. The Morgan fingerprint density at radius 1 is 1.00 bits per heavy atom. The van der Waals surface area contributed by atoms with E-state index in [1.807, 2.05) is 0 Å². The number of aliphatic carboxylic acids is 2. The first kappa shape index (κ1) is 29.2. The summed E-state index contributed by atoms with van der Waals surface area (Å²) in [5.41, 5.74) is 0. The number of carbonyl (C=O) groups excluding carboxylic acids is 2. The molecule has 0 fully saturated rings. The van der Waals surface area contributed by atoms with E-state index in [0.29, 0.717) is 0 Å². The molecular weight excluding hydrogens is 420 g/mol. The second-order valence-corrected chi connectivity index (χ2v) is 1.73. The topological polar surface area (TPSA) is 143 Å². The first-order valence-corrected chi connectivity index (χ1v) is 3.65. The van der Waals surface area contributed by atoms with E-state index in [1.54, 1.807) is 0 Å². The maximum absolute atomic E-state index is 8.89. The average Bonchev–Trinajstić information content (AvgIpc) is 1.54. The van der Waals surface area contributed by atoms with Gasteiger partial charge in [0, 0.05) is 21.1 Å². The van der Waals surface area contributed by atoms with Crippen molar-refractivity contribution in [3.8, 4) is 0 Å². The number of carboxylic acids is 2. The molecule has 0 saturated carbocycles. The van der Waals surface area contributed by atoms with Crippen LogP contribution in [0, 0.1) is 0 Å². The Kier molecular flexibility index (Phi) is 48.5. The van der Waals surface area contributed by atoms with Gasteiger partial charge < -0.3 is 33.9 Å². The molecule has 0 aliphatic rings. The van der Waals surface area contributed by atoms with Crippen LogP contribution in [-0.2, 0) is 14.1 Å². The predicted molar refractivity (Wildman–Crippen MR) is 39.3 cm³/mol. The average molecular weight is 426 g/mol. The molecule has 0 spiro atoms. The Hall–Kier alpha value is 0.245. The fourth-order valence-electron chi connectivity index (χ4n) is 0. The van der Waals surface area contributed by atoms with Crippen molar-refractivity contribution in [1.29, 1.82) is 0 Å². The SMILES string of the molecule is CC(=O)[O-].CC(=O)[O-].O=[Si]([O-])[O-].[Mg+2].[Pb+2]. The molecule has 0 aliphatic heterocycles. The molecule has 2 radical (unpaired) electrons. The summed E-state index contributed by atoms with van der Waals surface area (Å²) >= 11 is 0. The molecule has 0 N–H and O–H groups in total. The number of carboxylic acid groups (broad SMARTS) is 2. The Morgan fingerprint density at radius 2 is 1.00 bits per heavy atom. The fraction of sp³-hybridized carbons (Fsp3) is 0.500. The quantitative estimate of drug-likeness (QED) is 0.351. The van der Waals surface area contributed by atoms with Gasteiger partial charge in [0.15, 0.2) is 0 Å². The van der Waals surface area contributed by atoms with Crippen LogP contribution in [0.3, 0.4) is 0 Å². The first-order valence-electron chi connectivity index (χ1n) is 2.43. The molecule has 0 aromatic heterocycles. The maximum Gasteiger partial charge on any atom is 2.00 e. The van der Waals surface area contributed by atoms with E-state index in [9.17, 15) is 0 Å². The molecule has 0 aromatic rings. The van der Waals surface area contributed by atoms with Gasteiger partial charge in [0.2, 0.25) is 0 Å². The summed E-state index contributed by atoms with van der Waals surface area (Å²) in [7, 11) is -3.63. The first-order chi connectivity index (χ1) is 5.20. The smallest absolute Gasteiger partial charge is 0.672 e. The summed E-state index contributed by atoms with van der Waals surface area (Å²) in [6.45, 7) is 1.94. The normalized spacial score (nSPS) is 5.29. The van der Waals surface area contributed by atoms with Gasteiger partial charge in [-0.3, -0.25) is 0 Å². The molecule has 14 heavy (non-hydrogen) atoms. The molecule has 0 saturated heterocycles. The minimum Gasteiger partial charge on any atom is -0.672 e. The van der Waals surface area contributed by atoms with Crippen LogP contribution in [0.1, 0.15) is 13.8 Å². The van der Waals surface area contributed by atoms with Crippen molar-refractivity contribution in [2.24, 2.45) is 0 Å². The van der Waals surface area contributed by atoms with E-state index < -0.39 is 21.1 Å². The molecule has 10 heteroatoms. The van der Waals surface area contributed by atoms with Gasteiger partial charge >= 0.3 is 50.4 Å². The van der Waals surface area contributed by atoms with E-state index in [2.05, 4.69) is 0 Å². The van der Waals surface area contributed by atoms with Crippen LogP contribution >= 0.6 is 0 Å². The van der Waals surface area contributed by atoms with Gasteiger partial charge in [-0.15, -0.1) is 0 Å². The van der Waals surface area contributed by atoms with E-state index in [1.165, 1.54) is 0 Å². The van der Waals surface area contributed by atoms with Gasteiger partial charge in [-0.1, -0.05) is 0 Å². The molecule has 0 heterocycles. The standard InChI is InChI=1S/2C2H4O2.Mg.O3Si.Pb/c2*1-2(3)4;;1-4(2)3;/h2*1H3,(H,3,4);;;/q;;+2;-2;+2/p-2. The minimum absolute atomic E-state index is 0. The van der Waals surface area contributed by atoms with Gasteiger partial charge in [0.1, 0.15) is 0 Å². The third-order valence-corrected chi connectivity index (χ3v) is 0. The summed E-state index contributed by atoms with van der Waals surface area (Å²) in [6.07, 6.45) is 0. The van der Waals surface area contributed by atoms with Crippen molar-refractivity contribution in [1.82, 2.24) is 0 Å². The van der Waals surface area contributed by atoms with E-state index in [0.717, 1.165) is 13.8 Å². The van der Waals surface area contributed by atoms with Crippen molar-refractivity contribution in [3.63, 3.8) is 0 Å². The third kappa shape index (κ3) is 25800. The zero-order chi connectivity index (χ0) is 10.7. The molecule has 0 aliphatic carbocycles. The van der Waals surface area contributed by atoms with Gasteiger partial charge in [-0.2, -0.15) is 0 Å². The Balaban J connectivity index is -0.0000000270. The van der Waals surface area contributed by atoms with E-state index in [-0.39, 0.29) is 50.4 Å². The number of hydrogen-bond acceptors (Lipinski definition) is 7. The number of rotatable bonds is 0. The summed E-state index contributed by atoms with van der Waals surface area (Å²) in [6, 6.07) is 0. The molecule has 0 atom stereocenters. The molecule has 0 amide bonds. The molecule has 0 unspecified atom stereocenters. The molecule has 0 rings (SSSR count). The predicted octanol–water partition coefficient (Wildman–Crippen LogP) is -6.13. The van der Waals surface area contributed by atoms with Crippen molar-refractivity contribution < 1.29 is 33.9 Å². The summed E-state index contributed by atoms with van der Waals surface area (Å²) < 4.78 is 8.52. The van der Waals surface area contributed by atoms with Gasteiger partial charge in [-0.25, -0.2) is 0 Å². The Labute approximate surface area is 118 Å². The van der Waals surface area contributed by atoms with Crippen LogP contribution < -0.4 is 19.8 Å². The van der Waals surface area contributed by atoms with Crippen LogP contribution in [-0.4, -0.2) is 71.5 Å². The summed E-state index contributed by atoms with van der Waals surface area (Å²) in [5, 5.41) is 17.8. The third-order valence-electron chi connectivity index (χ3n) is 0. The van der Waals surface area contributed by atoms with Crippen molar-refractivity contribution >= 4 is 71.5 Å². The Bertz CT molecular complexity index is 123. The second-order valence-electron chi connectivity index (χ2n) is 1.23. The summed E-state index contributed by atoms with van der Waals surface area (Å²) in [4.78, 5) is 34.8. The van der Waals surface area contributed by atoms with Gasteiger partial charge in [0.05, 0.1) is 0 Å². The molecule has 74 valence electrons. The molecule has 0 bridgehead atoms.